The van der Waals surface area contributed by atoms with E-state index < -0.39 is 0 Å². The fourth-order valence-electron chi connectivity index (χ4n) is 2.49. The summed E-state index contributed by atoms with van der Waals surface area (Å²) in [6, 6.07) is 0. The molecule has 0 aromatic rings. The van der Waals surface area contributed by atoms with Gasteiger partial charge in [-0.05, 0) is 37.0 Å². The standard InChI is InChI=1S/C10H14O/c11-4-3-10-6-8-1-2-9(5-8)7-10/h1-2,4,8-10H,3,5-7H2. The van der Waals surface area contributed by atoms with E-state index in [1.165, 1.54) is 19.3 Å². The zero-order valence-corrected chi connectivity index (χ0v) is 6.70. The molecule has 2 aliphatic rings. The third kappa shape index (κ3) is 1.37. The van der Waals surface area contributed by atoms with Crippen LogP contribution >= 0.6 is 0 Å². The van der Waals surface area contributed by atoms with Gasteiger partial charge >= 0.3 is 0 Å². The van der Waals surface area contributed by atoms with Crippen LogP contribution in [0.4, 0.5) is 0 Å². The Hall–Kier alpha value is -0.590. The summed E-state index contributed by atoms with van der Waals surface area (Å²) in [7, 11) is 0. The smallest absolute Gasteiger partial charge is 0.120 e. The molecule has 2 rings (SSSR count). The summed E-state index contributed by atoms with van der Waals surface area (Å²) in [6.07, 6.45) is 10.4. The Morgan fingerprint density at radius 2 is 1.82 bits per heavy atom. The molecule has 0 radical (unpaired) electrons. The second kappa shape index (κ2) is 2.80. The molecule has 0 heterocycles. The van der Waals surface area contributed by atoms with Crippen LogP contribution in [0.1, 0.15) is 25.7 Å². The van der Waals surface area contributed by atoms with Gasteiger partial charge in [-0.15, -0.1) is 0 Å². The highest BCUT2D eigenvalue weighted by molar-refractivity contribution is 5.49. The molecule has 1 heteroatoms. The predicted molar refractivity (Wildman–Crippen MR) is 44.1 cm³/mol. The number of carbonyl (C=O) groups is 1. The lowest BCUT2D eigenvalue weighted by Gasteiger charge is -2.26. The largest absolute Gasteiger partial charge is 0.303 e. The first-order valence-corrected chi connectivity index (χ1v) is 4.50. The summed E-state index contributed by atoms with van der Waals surface area (Å²) < 4.78 is 0. The molecule has 11 heavy (non-hydrogen) atoms. The summed E-state index contributed by atoms with van der Waals surface area (Å²) in [5, 5.41) is 0. The normalized spacial score (nSPS) is 40.9. The van der Waals surface area contributed by atoms with Gasteiger partial charge in [0.2, 0.25) is 0 Å². The molecule has 0 saturated heterocycles. The molecule has 1 nitrogen and oxygen atoms in total. The number of hydrogen-bond donors (Lipinski definition) is 0. The molecule has 0 spiro atoms. The van der Waals surface area contributed by atoms with Gasteiger partial charge in [0.05, 0.1) is 0 Å². The number of rotatable bonds is 2. The van der Waals surface area contributed by atoms with E-state index in [4.69, 9.17) is 0 Å². The summed E-state index contributed by atoms with van der Waals surface area (Å²) in [5.74, 6) is 2.30. The summed E-state index contributed by atoms with van der Waals surface area (Å²) in [5.41, 5.74) is 0. The van der Waals surface area contributed by atoms with Crippen molar-refractivity contribution < 1.29 is 4.79 Å². The van der Waals surface area contributed by atoms with Crippen molar-refractivity contribution in [2.24, 2.45) is 17.8 Å². The van der Waals surface area contributed by atoms with Crippen LogP contribution in [0.3, 0.4) is 0 Å². The van der Waals surface area contributed by atoms with E-state index in [0.29, 0.717) is 5.92 Å². The Balaban J connectivity index is 1.95. The molecule has 0 aromatic heterocycles. The molecule has 0 amide bonds. The van der Waals surface area contributed by atoms with E-state index in [2.05, 4.69) is 12.2 Å². The zero-order chi connectivity index (χ0) is 7.68. The molecule has 2 aliphatic carbocycles. The van der Waals surface area contributed by atoms with Crippen LogP contribution in [0.25, 0.3) is 0 Å². The number of aldehydes is 1. The Morgan fingerprint density at radius 3 is 2.36 bits per heavy atom. The van der Waals surface area contributed by atoms with Gasteiger partial charge in [-0.2, -0.15) is 0 Å². The summed E-state index contributed by atoms with van der Waals surface area (Å²) >= 11 is 0. The molecule has 1 saturated carbocycles. The third-order valence-electron chi connectivity index (χ3n) is 2.96. The van der Waals surface area contributed by atoms with Crippen LogP contribution in [0.5, 0.6) is 0 Å². The third-order valence-corrected chi connectivity index (χ3v) is 2.96. The number of fused-ring (bicyclic) bond motifs is 2. The zero-order valence-electron chi connectivity index (χ0n) is 6.70. The molecule has 0 aromatic carbocycles. The van der Waals surface area contributed by atoms with Crippen LogP contribution < -0.4 is 0 Å². The first kappa shape index (κ1) is 7.08. The molecule has 60 valence electrons. The Kier molecular flexibility index (Phi) is 1.80. The fourth-order valence-corrected chi connectivity index (χ4v) is 2.49. The minimum Gasteiger partial charge on any atom is -0.303 e. The van der Waals surface area contributed by atoms with E-state index in [1.54, 1.807) is 0 Å². The van der Waals surface area contributed by atoms with E-state index in [0.717, 1.165) is 24.5 Å². The van der Waals surface area contributed by atoms with Crippen LogP contribution in [-0.2, 0) is 4.79 Å². The monoisotopic (exact) mass is 150 g/mol. The summed E-state index contributed by atoms with van der Waals surface area (Å²) in [4.78, 5) is 10.3. The highest BCUT2D eigenvalue weighted by Gasteiger charge is 2.29. The van der Waals surface area contributed by atoms with Gasteiger partial charge in [0.25, 0.3) is 0 Å². The fraction of sp³-hybridized carbons (Fsp3) is 0.700. The highest BCUT2D eigenvalue weighted by Crippen LogP contribution is 2.40. The Bertz CT molecular complexity index is 169. The van der Waals surface area contributed by atoms with Crippen molar-refractivity contribution in [2.45, 2.75) is 25.7 Å². The van der Waals surface area contributed by atoms with Crippen molar-refractivity contribution in [3.8, 4) is 0 Å². The molecule has 0 aliphatic heterocycles. The second-order valence-corrected chi connectivity index (χ2v) is 3.88. The van der Waals surface area contributed by atoms with Gasteiger partial charge < -0.3 is 4.79 Å². The minimum atomic E-state index is 0.686. The van der Waals surface area contributed by atoms with Crippen LogP contribution in [0.15, 0.2) is 12.2 Å². The molecule has 0 N–H and O–H groups in total. The number of allylic oxidation sites excluding steroid dienone is 2. The van der Waals surface area contributed by atoms with Gasteiger partial charge in [-0.25, -0.2) is 0 Å². The minimum absolute atomic E-state index is 0.686. The van der Waals surface area contributed by atoms with Gasteiger partial charge in [0, 0.05) is 6.42 Å². The van der Waals surface area contributed by atoms with Gasteiger partial charge in [0.1, 0.15) is 6.29 Å². The average Bonchev–Trinajstić information content (AvgIpc) is 2.32. The van der Waals surface area contributed by atoms with Gasteiger partial charge in [-0.3, -0.25) is 0 Å². The molecule has 2 atom stereocenters. The van der Waals surface area contributed by atoms with Crippen molar-refractivity contribution >= 4 is 6.29 Å². The van der Waals surface area contributed by atoms with Gasteiger partial charge in [-0.1, -0.05) is 12.2 Å². The lowest BCUT2D eigenvalue weighted by atomic mass is 9.79. The van der Waals surface area contributed by atoms with Gasteiger partial charge in [0.15, 0.2) is 0 Å². The van der Waals surface area contributed by atoms with Crippen LogP contribution in [0, 0.1) is 17.8 Å². The van der Waals surface area contributed by atoms with Crippen molar-refractivity contribution in [1.82, 2.24) is 0 Å². The van der Waals surface area contributed by atoms with E-state index in [9.17, 15) is 4.79 Å². The number of hydrogen-bond acceptors (Lipinski definition) is 1. The molecule has 2 bridgehead atoms. The lowest BCUT2D eigenvalue weighted by molar-refractivity contribution is -0.108. The maximum atomic E-state index is 10.3. The van der Waals surface area contributed by atoms with Crippen LogP contribution in [-0.4, -0.2) is 6.29 Å². The first-order valence-electron chi connectivity index (χ1n) is 4.50. The summed E-state index contributed by atoms with van der Waals surface area (Å²) in [6.45, 7) is 0. The Labute approximate surface area is 67.5 Å². The predicted octanol–water partition coefficient (Wildman–Crippen LogP) is 2.18. The second-order valence-electron chi connectivity index (χ2n) is 3.88. The van der Waals surface area contributed by atoms with E-state index in [1.807, 2.05) is 0 Å². The molecule has 2 unspecified atom stereocenters. The Morgan fingerprint density at radius 1 is 1.18 bits per heavy atom. The molecular formula is C10H14O. The van der Waals surface area contributed by atoms with Crippen molar-refractivity contribution in [3.63, 3.8) is 0 Å². The van der Waals surface area contributed by atoms with Crippen molar-refractivity contribution in [3.05, 3.63) is 12.2 Å². The van der Waals surface area contributed by atoms with Crippen molar-refractivity contribution in [1.29, 1.82) is 0 Å². The van der Waals surface area contributed by atoms with Crippen molar-refractivity contribution in [2.75, 3.05) is 0 Å². The SMILES string of the molecule is O=CCC1CC2C=CC(C2)C1. The topological polar surface area (TPSA) is 17.1 Å². The van der Waals surface area contributed by atoms with E-state index >= 15 is 0 Å². The maximum absolute atomic E-state index is 10.3. The lowest BCUT2D eigenvalue weighted by Crippen LogP contribution is -2.16. The molecule has 1 fully saturated rings. The van der Waals surface area contributed by atoms with Crippen LogP contribution in [0.2, 0.25) is 0 Å². The average molecular weight is 150 g/mol. The first-order chi connectivity index (χ1) is 5.38. The van der Waals surface area contributed by atoms with E-state index in [-0.39, 0.29) is 0 Å². The number of carbonyl (C=O) groups excluding carboxylic acids is 1. The highest BCUT2D eigenvalue weighted by atomic mass is 16.1. The maximum Gasteiger partial charge on any atom is 0.120 e. The molecular weight excluding hydrogens is 136 g/mol. The quantitative estimate of drug-likeness (QED) is 0.435.